The number of hydrogen-bond donors (Lipinski definition) is 1. The molecule has 0 amide bonds. The molecule has 1 nitrogen and oxygen atoms in total. The minimum absolute atomic E-state index is 0.524. The molecule has 1 aromatic heterocycles. The molecule has 0 saturated carbocycles. The van der Waals surface area contributed by atoms with Crippen molar-refractivity contribution in [2.45, 2.75) is 31.8 Å². The van der Waals surface area contributed by atoms with Gasteiger partial charge in [0.25, 0.3) is 0 Å². The van der Waals surface area contributed by atoms with Crippen molar-refractivity contribution in [2.75, 3.05) is 0 Å². The number of thiophene rings is 1. The van der Waals surface area contributed by atoms with Gasteiger partial charge in [-0.3, -0.25) is 0 Å². The monoisotopic (exact) mass is 321 g/mol. The summed E-state index contributed by atoms with van der Waals surface area (Å²) in [7, 11) is 0. The van der Waals surface area contributed by atoms with Crippen molar-refractivity contribution in [2.24, 2.45) is 0 Å². The summed E-state index contributed by atoms with van der Waals surface area (Å²) in [5.74, 6) is 0. The van der Waals surface area contributed by atoms with Gasteiger partial charge in [0.15, 0.2) is 0 Å². The van der Waals surface area contributed by atoms with Crippen molar-refractivity contribution < 1.29 is 0 Å². The molecule has 1 aliphatic carbocycles. The third-order valence-electron chi connectivity index (χ3n) is 3.52. The first-order valence-electron chi connectivity index (χ1n) is 6.38. The Morgan fingerprint density at radius 2 is 2.11 bits per heavy atom. The van der Waals surface area contributed by atoms with E-state index in [1.807, 2.05) is 11.3 Å². The maximum atomic E-state index is 3.70. The van der Waals surface area contributed by atoms with Crippen LogP contribution in [0.25, 0.3) is 0 Å². The Hall–Kier alpha value is -0.640. The summed E-state index contributed by atoms with van der Waals surface area (Å²) in [6.07, 6.45) is 3.78. The number of hydrogen-bond acceptors (Lipinski definition) is 2. The molecule has 3 heteroatoms. The van der Waals surface area contributed by atoms with Crippen LogP contribution in [0, 0.1) is 0 Å². The second-order valence-corrected chi connectivity index (χ2v) is 7.28. The topological polar surface area (TPSA) is 12.0 Å². The summed E-state index contributed by atoms with van der Waals surface area (Å²) < 4.78 is 1.21. The summed E-state index contributed by atoms with van der Waals surface area (Å²) in [4.78, 5) is 1.39. The highest BCUT2D eigenvalue weighted by molar-refractivity contribution is 9.11. The first-order chi connectivity index (χ1) is 8.83. The van der Waals surface area contributed by atoms with E-state index in [-0.39, 0.29) is 0 Å². The lowest BCUT2D eigenvalue weighted by atomic mass is 9.88. The number of fused-ring (bicyclic) bond motifs is 1. The van der Waals surface area contributed by atoms with Gasteiger partial charge in [-0.15, -0.1) is 11.3 Å². The number of rotatable bonds is 3. The first-order valence-corrected chi connectivity index (χ1v) is 7.99. The van der Waals surface area contributed by atoms with Crippen molar-refractivity contribution in [3.63, 3.8) is 0 Å². The Morgan fingerprint density at radius 1 is 1.22 bits per heavy atom. The number of halogens is 1. The van der Waals surface area contributed by atoms with Crippen LogP contribution >= 0.6 is 27.3 Å². The van der Waals surface area contributed by atoms with E-state index in [2.05, 4.69) is 57.6 Å². The van der Waals surface area contributed by atoms with Crippen molar-refractivity contribution in [1.82, 2.24) is 5.32 Å². The minimum atomic E-state index is 0.524. The predicted octanol–water partition coefficient (Wildman–Crippen LogP) is 4.68. The average molecular weight is 322 g/mol. The summed E-state index contributed by atoms with van der Waals surface area (Å²) in [5.41, 5.74) is 3.02. The first kappa shape index (κ1) is 12.4. The van der Waals surface area contributed by atoms with Gasteiger partial charge in [-0.25, -0.2) is 0 Å². The number of aryl methyl sites for hydroxylation is 1. The summed E-state index contributed by atoms with van der Waals surface area (Å²) >= 11 is 5.33. The van der Waals surface area contributed by atoms with Gasteiger partial charge in [0, 0.05) is 17.5 Å². The smallest absolute Gasteiger partial charge is 0.0701 e. The molecular weight excluding hydrogens is 306 g/mol. The molecular formula is C15H16BrNS. The molecule has 0 saturated heterocycles. The van der Waals surface area contributed by atoms with E-state index in [4.69, 9.17) is 0 Å². The molecule has 2 aromatic rings. The van der Waals surface area contributed by atoms with E-state index in [0.29, 0.717) is 6.04 Å². The molecule has 3 rings (SSSR count). The highest BCUT2D eigenvalue weighted by atomic mass is 79.9. The third kappa shape index (κ3) is 2.68. The Bertz CT molecular complexity index is 535. The van der Waals surface area contributed by atoms with Gasteiger partial charge < -0.3 is 5.32 Å². The van der Waals surface area contributed by atoms with Crippen molar-refractivity contribution in [3.05, 3.63) is 56.2 Å². The fourth-order valence-corrected chi connectivity index (χ4v) is 4.07. The van der Waals surface area contributed by atoms with Crippen LogP contribution in [-0.4, -0.2) is 0 Å². The fraction of sp³-hybridized carbons (Fsp3) is 0.333. The molecule has 1 N–H and O–H groups in total. The van der Waals surface area contributed by atoms with Crippen LogP contribution in [0.3, 0.4) is 0 Å². The number of benzene rings is 1. The second-order valence-electron chi connectivity index (χ2n) is 4.73. The average Bonchev–Trinajstić information content (AvgIpc) is 2.82. The predicted molar refractivity (Wildman–Crippen MR) is 81.0 cm³/mol. The fourth-order valence-electron chi connectivity index (χ4n) is 2.64. The van der Waals surface area contributed by atoms with E-state index < -0.39 is 0 Å². The van der Waals surface area contributed by atoms with E-state index >= 15 is 0 Å². The molecule has 1 heterocycles. The Labute approximate surface area is 120 Å². The lowest BCUT2D eigenvalue weighted by molar-refractivity contribution is 0.461. The van der Waals surface area contributed by atoms with E-state index in [1.54, 1.807) is 0 Å². The minimum Gasteiger partial charge on any atom is -0.305 e. The van der Waals surface area contributed by atoms with E-state index in [0.717, 1.165) is 6.54 Å². The number of nitrogens with one attached hydrogen (secondary N) is 1. The van der Waals surface area contributed by atoms with Crippen LogP contribution in [0.1, 0.15) is 34.9 Å². The zero-order valence-corrected chi connectivity index (χ0v) is 12.6. The summed E-state index contributed by atoms with van der Waals surface area (Å²) in [6, 6.07) is 13.7. The van der Waals surface area contributed by atoms with Crippen molar-refractivity contribution >= 4 is 27.3 Å². The molecule has 94 valence electrons. The normalized spacial score (nSPS) is 18.6. The molecule has 0 fully saturated rings. The molecule has 0 aliphatic heterocycles. The maximum Gasteiger partial charge on any atom is 0.0701 e. The highest BCUT2D eigenvalue weighted by Gasteiger charge is 2.18. The van der Waals surface area contributed by atoms with Gasteiger partial charge in [0.1, 0.15) is 0 Å². The molecule has 1 unspecified atom stereocenters. The van der Waals surface area contributed by atoms with Crippen molar-refractivity contribution in [1.29, 1.82) is 0 Å². The van der Waals surface area contributed by atoms with Crippen molar-refractivity contribution in [3.8, 4) is 0 Å². The lowest BCUT2D eigenvalue weighted by Crippen LogP contribution is -2.24. The van der Waals surface area contributed by atoms with Gasteiger partial charge in [-0.2, -0.15) is 0 Å². The van der Waals surface area contributed by atoms with Gasteiger partial charge in [0.05, 0.1) is 3.79 Å². The highest BCUT2D eigenvalue weighted by Crippen LogP contribution is 2.30. The molecule has 0 radical (unpaired) electrons. The van der Waals surface area contributed by atoms with Gasteiger partial charge in [0.2, 0.25) is 0 Å². The molecule has 1 atom stereocenters. The van der Waals surface area contributed by atoms with Gasteiger partial charge >= 0.3 is 0 Å². The lowest BCUT2D eigenvalue weighted by Gasteiger charge is -2.26. The van der Waals surface area contributed by atoms with Crippen LogP contribution in [0.5, 0.6) is 0 Å². The standard InChI is InChI=1S/C15H16BrNS/c16-15-9-8-12(18-15)10-17-14-7-3-5-11-4-1-2-6-13(11)14/h1-2,4,6,8-9,14,17H,3,5,7,10H2. The van der Waals surface area contributed by atoms with Crippen LogP contribution in [0.4, 0.5) is 0 Å². The molecule has 1 aliphatic rings. The van der Waals surface area contributed by atoms with E-state index in [9.17, 15) is 0 Å². The van der Waals surface area contributed by atoms with Crippen LogP contribution in [0.2, 0.25) is 0 Å². The van der Waals surface area contributed by atoms with Gasteiger partial charge in [-0.05, 0) is 58.5 Å². The SMILES string of the molecule is Brc1ccc(CNC2CCCc3ccccc32)s1. The van der Waals surface area contributed by atoms with Crippen LogP contribution < -0.4 is 5.32 Å². The van der Waals surface area contributed by atoms with Crippen LogP contribution in [-0.2, 0) is 13.0 Å². The Kier molecular flexibility index (Phi) is 3.83. The van der Waals surface area contributed by atoms with E-state index in [1.165, 1.54) is 39.1 Å². The summed E-state index contributed by atoms with van der Waals surface area (Å²) in [5, 5.41) is 3.70. The molecule has 1 aromatic carbocycles. The summed E-state index contributed by atoms with van der Waals surface area (Å²) in [6.45, 7) is 0.968. The molecule has 0 bridgehead atoms. The zero-order chi connectivity index (χ0) is 12.4. The Morgan fingerprint density at radius 3 is 2.94 bits per heavy atom. The van der Waals surface area contributed by atoms with Gasteiger partial charge in [-0.1, -0.05) is 24.3 Å². The quantitative estimate of drug-likeness (QED) is 0.865. The zero-order valence-electron chi connectivity index (χ0n) is 10.2. The molecule has 18 heavy (non-hydrogen) atoms. The van der Waals surface area contributed by atoms with Crippen LogP contribution in [0.15, 0.2) is 40.2 Å². The largest absolute Gasteiger partial charge is 0.305 e. The third-order valence-corrected chi connectivity index (χ3v) is 5.14. The maximum absolute atomic E-state index is 3.70. The Balaban J connectivity index is 1.71. The molecule has 0 spiro atoms. The second kappa shape index (κ2) is 5.55.